The number of amides is 1. The van der Waals surface area contributed by atoms with E-state index >= 15 is 0 Å². The Labute approximate surface area is 180 Å². The van der Waals surface area contributed by atoms with E-state index < -0.39 is 10.0 Å². The molecule has 0 unspecified atom stereocenters. The molecular weight excluding hydrogens is 426 g/mol. The molecule has 0 atom stereocenters. The van der Waals surface area contributed by atoms with Crippen LogP contribution in [0, 0.1) is 5.41 Å². The number of methoxy groups -OCH3 is 2. The van der Waals surface area contributed by atoms with Gasteiger partial charge in [-0.3, -0.25) is 4.79 Å². The summed E-state index contributed by atoms with van der Waals surface area (Å²) in [5.74, 6) is 0.519. The van der Waals surface area contributed by atoms with Gasteiger partial charge in [0.25, 0.3) is 15.9 Å². The number of nitrogens with zero attached hydrogens (tertiary/aromatic N) is 3. The Bertz CT molecular complexity index is 1020. The molecule has 8 nitrogen and oxygen atoms in total. The molecule has 0 saturated carbocycles. The van der Waals surface area contributed by atoms with Crippen molar-refractivity contribution in [3.8, 4) is 11.8 Å². The minimum Gasteiger partial charge on any atom is -0.481 e. The number of carbonyl (C=O) groups is 1. The summed E-state index contributed by atoms with van der Waals surface area (Å²) in [6, 6.07) is 6.73. The fourth-order valence-corrected chi connectivity index (χ4v) is 6.87. The molecule has 30 heavy (non-hydrogen) atoms. The minimum absolute atomic E-state index is 0.0374. The second-order valence-electron chi connectivity index (χ2n) is 7.72. The van der Waals surface area contributed by atoms with Crippen LogP contribution in [0.1, 0.15) is 29.6 Å². The minimum atomic E-state index is -3.42. The smallest absolute Gasteiger partial charge is 0.259 e. The Morgan fingerprint density at radius 3 is 2.47 bits per heavy atom. The molecule has 2 aromatic heterocycles. The van der Waals surface area contributed by atoms with Crippen molar-refractivity contribution in [3.05, 3.63) is 35.2 Å². The van der Waals surface area contributed by atoms with Crippen molar-refractivity contribution in [2.45, 2.75) is 23.5 Å². The van der Waals surface area contributed by atoms with Gasteiger partial charge in [-0.2, -0.15) is 9.29 Å². The van der Waals surface area contributed by atoms with Gasteiger partial charge in [0.1, 0.15) is 9.77 Å². The number of likely N-dealkylation sites (tertiary alicyclic amines) is 1. The number of thiophene rings is 1. The van der Waals surface area contributed by atoms with E-state index in [0.717, 1.165) is 19.3 Å². The molecule has 0 aliphatic carbocycles. The quantitative estimate of drug-likeness (QED) is 0.694. The lowest BCUT2D eigenvalue weighted by Gasteiger charge is -2.38. The summed E-state index contributed by atoms with van der Waals surface area (Å²) >= 11 is 1.25. The molecule has 0 N–H and O–H groups in total. The van der Waals surface area contributed by atoms with E-state index in [9.17, 15) is 13.2 Å². The second-order valence-corrected chi connectivity index (χ2v) is 10.8. The van der Waals surface area contributed by atoms with Crippen molar-refractivity contribution in [2.24, 2.45) is 5.41 Å². The summed E-state index contributed by atoms with van der Waals surface area (Å²) in [5, 5.41) is 1.78. The van der Waals surface area contributed by atoms with Crippen LogP contribution in [-0.2, 0) is 10.0 Å². The predicted octanol–water partition coefficient (Wildman–Crippen LogP) is 2.48. The summed E-state index contributed by atoms with van der Waals surface area (Å²) in [7, 11) is -0.426. The van der Waals surface area contributed by atoms with Gasteiger partial charge in [0.2, 0.25) is 11.8 Å². The molecular formula is C20H25N3O5S2. The van der Waals surface area contributed by atoms with Gasteiger partial charge in [-0.1, -0.05) is 6.07 Å². The van der Waals surface area contributed by atoms with Crippen LogP contribution in [-0.4, -0.2) is 68.9 Å². The molecule has 2 aliphatic rings. The molecule has 2 saturated heterocycles. The standard InChI is InChI=1S/C20H25N3O5S2/c1-27-16-6-5-15(18(21-16)28-2)19(24)22-10-7-20(14-22)8-11-23(12-9-20)30(25,26)17-4-3-13-29-17/h3-6,13H,7-12,14H2,1-2H3. The molecule has 10 heteroatoms. The molecule has 0 radical (unpaired) electrons. The monoisotopic (exact) mass is 451 g/mol. The highest BCUT2D eigenvalue weighted by molar-refractivity contribution is 7.91. The van der Waals surface area contributed by atoms with Crippen LogP contribution in [0.25, 0.3) is 0 Å². The van der Waals surface area contributed by atoms with Crippen molar-refractivity contribution < 1.29 is 22.7 Å². The number of rotatable bonds is 5. The maximum atomic E-state index is 13.1. The highest BCUT2D eigenvalue weighted by Gasteiger charge is 2.44. The first-order chi connectivity index (χ1) is 14.4. The van der Waals surface area contributed by atoms with E-state index in [1.807, 2.05) is 4.90 Å². The number of piperidine rings is 1. The van der Waals surface area contributed by atoms with Crippen LogP contribution in [0.5, 0.6) is 11.8 Å². The van der Waals surface area contributed by atoms with Gasteiger partial charge in [0.05, 0.1) is 14.2 Å². The van der Waals surface area contributed by atoms with Crippen molar-refractivity contribution >= 4 is 27.3 Å². The summed E-state index contributed by atoms with van der Waals surface area (Å²) < 4.78 is 37.9. The average Bonchev–Trinajstić information content (AvgIpc) is 3.44. The van der Waals surface area contributed by atoms with Crippen LogP contribution in [0.2, 0.25) is 0 Å². The van der Waals surface area contributed by atoms with Gasteiger partial charge in [0, 0.05) is 32.2 Å². The lowest BCUT2D eigenvalue weighted by Crippen LogP contribution is -2.44. The number of hydrogen-bond donors (Lipinski definition) is 0. The Kier molecular flexibility index (Phi) is 5.73. The zero-order chi connectivity index (χ0) is 21.4. The average molecular weight is 452 g/mol. The van der Waals surface area contributed by atoms with E-state index in [-0.39, 0.29) is 17.2 Å². The molecule has 2 fully saturated rings. The largest absolute Gasteiger partial charge is 0.481 e. The lowest BCUT2D eigenvalue weighted by atomic mass is 9.78. The summed E-state index contributed by atoms with van der Waals surface area (Å²) in [4.78, 5) is 19.1. The maximum absolute atomic E-state index is 13.1. The van der Waals surface area contributed by atoms with Crippen molar-refractivity contribution in [1.29, 1.82) is 0 Å². The van der Waals surface area contributed by atoms with E-state index in [4.69, 9.17) is 9.47 Å². The van der Waals surface area contributed by atoms with E-state index in [2.05, 4.69) is 4.98 Å². The SMILES string of the molecule is COc1ccc(C(=O)N2CCC3(CCN(S(=O)(=O)c4cccs4)CC3)C2)c(OC)n1. The van der Waals surface area contributed by atoms with Gasteiger partial charge < -0.3 is 14.4 Å². The van der Waals surface area contributed by atoms with Crippen molar-refractivity contribution in [3.63, 3.8) is 0 Å². The third-order valence-electron chi connectivity index (χ3n) is 6.07. The third kappa shape index (κ3) is 3.79. The van der Waals surface area contributed by atoms with Gasteiger partial charge in [-0.05, 0) is 42.2 Å². The van der Waals surface area contributed by atoms with Crippen LogP contribution in [0.15, 0.2) is 33.9 Å². The van der Waals surface area contributed by atoms with Crippen molar-refractivity contribution in [1.82, 2.24) is 14.2 Å². The molecule has 0 bridgehead atoms. The van der Waals surface area contributed by atoms with Crippen LogP contribution < -0.4 is 9.47 Å². The molecule has 2 aliphatic heterocycles. The molecule has 4 heterocycles. The Hall–Kier alpha value is -2.17. The molecule has 4 rings (SSSR count). The Balaban J connectivity index is 1.43. The zero-order valence-corrected chi connectivity index (χ0v) is 18.7. The summed E-state index contributed by atoms with van der Waals surface area (Å²) in [6.07, 6.45) is 2.37. The predicted molar refractivity (Wildman–Crippen MR) is 113 cm³/mol. The zero-order valence-electron chi connectivity index (χ0n) is 17.0. The fraction of sp³-hybridized carbons (Fsp3) is 0.500. The van der Waals surface area contributed by atoms with E-state index in [1.165, 1.54) is 25.6 Å². The number of hydrogen-bond acceptors (Lipinski definition) is 7. The Morgan fingerprint density at radius 1 is 1.10 bits per heavy atom. The van der Waals surface area contributed by atoms with Gasteiger partial charge >= 0.3 is 0 Å². The highest BCUT2D eigenvalue weighted by Crippen LogP contribution is 2.42. The molecule has 2 aromatic rings. The normalized spacial score (nSPS) is 19.2. The van der Waals surface area contributed by atoms with Gasteiger partial charge in [-0.15, -0.1) is 11.3 Å². The third-order valence-corrected chi connectivity index (χ3v) is 9.34. The molecule has 1 spiro atoms. The molecule has 162 valence electrons. The number of sulfonamides is 1. The first-order valence-corrected chi connectivity index (χ1v) is 12.1. The lowest BCUT2D eigenvalue weighted by molar-refractivity contribution is 0.0746. The number of ether oxygens (including phenoxy) is 2. The van der Waals surface area contributed by atoms with Gasteiger partial charge in [0.15, 0.2) is 0 Å². The van der Waals surface area contributed by atoms with Gasteiger partial charge in [-0.25, -0.2) is 8.42 Å². The first-order valence-electron chi connectivity index (χ1n) is 9.80. The van der Waals surface area contributed by atoms with Crippen LogP contribution >= 0.6 is 11.3 Å². The summed E-state index contributed by atoms with van der Waals surface area (Å²) in [5.41, 5.74) is 0.373. The number of aromatic nitrogens is 1. The Morgan fingerprint density at radius 2 is 1.83 bits per heavy atom. The number of carbonyl (C=O) groups excluding carboxylic acids is 1. The van der Waals surface area contributed by atoms with Crippen LogP contribution in [0.4, 0.5) is 0 Å². The van der Waals surface area contributed by atoms with Crippen molar-refractivity contribution in [2.75, 3.05) is 40.4 Å². The number of pyridine rings is 1. The highest BCUT2D eigenvalue weighted by atomic mass is 32.2. The van der Waals surface area contributed by atoms with E-state index in [0.29, 0.717) is 41.8 Å². The second kappa shape index (κ2) is 8.16. The fourth-order valence-electron chi connectivity index (χ4n) is 4.28. The van der Waals surface area contributed by atoms with E-state index in [1.54, 1.807) is 34.0 Å². The summed E-state index contributed by atoms with van der Waals surface area (Å²) in [6.45, 7) is 2.23. The molecule has 0 aromatic carbocycles. The first kappa shape index (κ1) is 21.1. The molecule has 1 amide bonds. The topological polar surface area (TPSA) is 89.0 Å². The maximum Gasteiger partial charge on any atom is 0.259 e. The van der Waals surface area contributed by atoms with Crippen LogP contribution in [0.3, 0.4) is 0 Å².